The molecular weight excluding hydrogens is 380 g/mol. The number of hydrogen-bond donors (Lipinski definition) is 0. The topological polar surface area (TPSA) is 60.9 Å². The zero-order valence-electron chi connectivity index (χ0n) is 18.2. The maximum atomic E-state index is 12.7. The van der Waals surface area contributed by atoms with Crippen molar-refractivity contribution in [2.24, 2.45) is 5.41 Å². The van der Waals surface area contributed by atoms with Gasteiger partial charge in [0.1, 0.15) is 11.5 Å². The van der Waals surface area contributed by atoms with E-state index in [1.54, 1.807) is 26.6 Å². The van der Waals surface area contributed by atoms with Gasteiger partial charge in [0.15, 0.2) is 5.76 Å². The van der Waals surface area contributed by atoms with E-state index in [1.165, 1.54) is 5.57 Å². The average Bonchev–Trinajstić information content (AvgIpc) is 3.10. The fourth-order valence-corrected chi connectivity index (χ4v) is 5.15. The van der Waals surface area contributed by atoms with E-state index in [1.807, 2.05) is 13.0 Å². The predicted molar refractivity (Wildman–Crippen MR) is 114 cm³/mol. The van der Waals surface area contributed by atoms with Crippen molar-refractivity contribution in [2.45, 2.75) is 45.1 Å². The SMILES string of the molecule is COC1=C(OC)CCC([C@@]23CCC(OC(=O)c4cnccc4C)=C[C@@H]2N(C)CC3)=C1. The fraction of sp³-hybridized carbons (Fsp3) is 0.500. The van der Waals surface area contributed by atoms with E-state index in [9.17, 15) is 4.79 Å². The maximum absolute atomic E-state index is 12.7. The molecule has 0 saturated carbocycles. The van der Waals surface area contributed by atoms with Crippen LogP contribution in [0.4, 0.5) is 0 Å². The molecule has 0 bridgehead atoms. The summed E-state index contributed by atoms with van der Waals surface area (Å²) in [4.78, 5) is 19.1. The highest BCUT2D eigenvalue weighted by Crippen LogP contribution is 2.53. The van der Waals surface area contributed by atoms with Crippen molar-refractivity contribution in [3.63, 3.8) is 0 Å². The van der Waals surface area contributed by atoms with E-state index >= 15 is 0 Å². The number of hydrogen-bond acceptors (Lipinski definition) is 6. The molecule has 1 saturated heterocycles. The summed E-state index contributed by atoms with van der Waals surface area (Å²) in [7, 11) is 5.55. The largest absolute Gasteiger partial charge is 0.497 e. The van der Waals surface area contributed by atoms with Gasteiger partial charge in [0.25, 0.3) is 0 Å². The van der Waals surface area contributed by atoms with Gasteiger partial charge >= 0.3 is 5.97 Å². The quantitative estimate of drug-likeness (QED) is 0.680. The average molecular weight is 411 g/mol. The van der Waals surface area contributed by atoms with Crippen molar-refractivity contribution in [3.05, 3.63) is 64.6 Å². The van der Waals surface area contributed by atoms with Crippen LogP contribution in [0.15, 0.2) is 53.5 Å². The lowest BCUT2D eigenvalue weighted by Gasteiger charge is -2.42. The van der Waals surface area contributed by atoms with Crippen LogP contribution in [-0.2, 0) is 14.2 Å². The number of ether oxygens (including phenoxy) is 3. The molecule has 160 valence electrons. The Morgan fingerprint density at radius 3 is 2.77 bits per heavy atom. The number of rotatable bonds is 5. The van der Waals surface area contributed by atoms with E-state index < -0.39 is 0 Å². The summed E-state index contributed by atoms with van der Waals surface area (Å²) in [6.07, 6.45) is 12.2. The normalized spacial score (nSPS) is 26.6. The summed E-state index contributed by atoms with van der Waals surface area (Å²) in [6, 6.07) is 2.03. The molecule has 4 rings (SSSR count). The first kappa shape index (κ1) is 20.7. The summed E-state index contributed by atoms with van der Waals surface area (Å²) in [5.74, 6) is 2.17. The standard InChI is InChI=1S/C24H30N2O4/c1-16-8-11-25-15-19(16)23(27)30-18-7-9-24(10-12-26(2)22(24)14-18)17-5-6-20(28-3)21(13-17)29-4/h8,11,13-15,22H,5-7,9-10,12H2,1-4H3/t22-,24-/m0/s1. The van der Waals surface area contributed by atoms with Gasteiger partial charge in [-0.05, 0) is 63.6 Å². The van der Waals surface area contributed by atoms with Crippen LogP contribution >= 0.6 is 0 Å². The fourth-order valence-electron chi connectivity index (χ4n) is 5.15. The van der Waals surface area contributed by atoms with E-state index in [2.05, 4.69) is 29.1 Å². The number of likely N-dealkylation sites (N-methyl/N-ethyl adjacent to an activating group) is 1. The molecule has 2 atom stereocenters. The number of carbonyl (C=O) groups excluding carboxylic acids is 1. The van der Waals surface area contributed by atoms with Crippen LogP contribution in [0.3, 0.4) is 0 Å². The summed E-state index contributed by atoms with van der Waals surface area (Å²) in [6.45, 7) is 2.92. The molecule has 1 fully saturated rings. The molecule has 0 amide bonds. The molecule has 1 aliphatic heterocycles. The van der Waals surface area contributed by atoms with E-state index in [4.69, 9.17) is 14.2 Å². The van der Waals surface area contributed by atoms with E-state index in [0.717, 1.165) is 61.5 Å². The number of fused-ring (bicyclic) bond motifs is 1. The molecule has 6 heteroatoms. The van der Waals surface area contributed by atoms with Gasteiger partial charge in [-0.3, -0.25) is 9.88 Å². The molecule has 3 aliphatic rings. The van der Waals surface area contributed by atoms with Crippen LogP contribution in [0.25, 0.3) is 0 Å². The minimum absolute atomic E-state index is 0.0535. The summed E-state index contributed by atoms with van der Waals surface area (Å²) in [5, 5.41) is 0. The minimum Gasteiger partial charge on any atom is -0.497 e. The monoisotopic (exact) mass is 410 g/mol. The van der Waals surface area contributed by atoms with Crippen LogP contribution in [-0.4, -0.2) is 49.7 Å². The number of carbonyl (C=O) groups is 1. The van der Waals surface area contributed by atoms with Crippen LogP contribution in [0, 0.1) is 12.3 Å². The Bertz CT molecular complexity index is 933. The molecule has 0 spiro atoms. The smallest absolute Gasteiger partial charge is 0.345 e. The lowest BCUT2D eigenvalue weighted by molar-refractivity contribution is 0.0584. The lowest BCUT2D eigenvalue weighted by atomic mass is 9.65. The summed E-state index contributed by atoms with van der Waals surface area (Å²) >= 11 is 0. The molecule has 2 heterocycles. The Kier molecular flexibility index (Phi) is 5.69. The van der Waals surface area contributed by atoms with E-state index in [-0.39, 0.29) is 17.4 Å². The minimum atomic E-state index is -0.328. The first-order valence-electron chi connectivity index (χ1n) is 10.5. The van der Waals surface area contributed by atoms with Gasteiger partial charge in [0.2, 0.25) is 0 Å². The predicted octanol–water partition coefficient (Wildman–Crippen LogP) is 4.14. The van der Waals surface area contributed by atoms with Crippen molar-refractivity contribution >= 4 is 5.97 Å². The molecule has 0 N–H and O–H groups in total. The zero-order valence-corrected chi connectivity index (χ0v) is 18.2. The lowest BCUT2D eigenvalue weighted by Crippen LogP contribution is -2.41. The Morgan fingerprint density at radius 2 is 2.03 bits per heavy atom. The van der Waals surface area contributed by atoms with E-state index in [0.29, 0.717) is 5.56 Å². The molecule has 0 aromatic carbocycles. The number of esters is 1. The van der Waals surface area contributed by atoms with Crippen molar-refractivity contribution in [2.75, 3.05) is 27.8 Å². The zero-order chi connectivity index (χ0) is 21.3. The summed E-state index contributed by atoms with van der Waals surface area (Å²) < 4.78 is 16.9. The Hall–Kier alpha value is -2.60. The molecular formula is C24H30N2O4. The Balaban J connectivity index is 1.60. The van der Waals surface area contributed by atoms with Gasteiger partial charge in [-0.25, -0.2) is 4.79 Å². The molecule has 1 aromatic heterocycles. The van der Waals surface area contributed by atoms with Crippen molar-refractivity contribution in [3.8, 4) is 0 Å². The Morgan fingerprint density at radius 1 is 1.20 bits per heavy atom. The summed E-state index contributed by atoms with van der Waals surface area (Å²) in [5.41, 5.74) is 2.86. The third-order valence-electron chi connectivity index (χ3n) is 6.90. The van der Waals surface area contributed by atoms with Gasteiger partial charge in [0.05, 0.1) is 19.8 Å². The van der Waals surface area contributed by atoms with Crippen LogP contribution in [0.2, 0.25) is 0 Å². The Labute approximate surface area is 178 Å². The van der Waals surface area contributed by atoms with Crippen molar-refractivity contribution in [1.82, 2.24) is 9.88 Å². The first-order valence-corrected chi connectivity index (χ1v) is 10.5. The van der Waals surface area contributed by atoms with Gasteiger partial charge in [-0.2, -0.15) is 0 Å². The highest BCUT2D eigenvalue weighted by atomic mass is 16.5. The van der Waals surface area contributed by atoms with Crippen molar-refractivity contribution in [1.29, 1.82) is 0 Å². The third kappa shape index (κ3) is 3.54. The number of pyridine rings is 1. The number of likely N-dealkylation sites (tertiary alicyclic amines) is 1. The number of allylic oxidation sites excluding steroid dienone is 3. The highest BCUT2D eigenvalue weighted by Gasteiger charge is 2.50. The second-order valence-electron chi connectivity index (χ2n) is 8.41. The molecule has 0 unspecified atom stereocenters. The number of aromatic nitrogens is 1. The van der Waals surface area contributed by atoms with Gasteiger partial charge in [-0.15, -0.1) is 0 Å². The molecule has 6 nitrogen and oxygen atoms in total. The molecule has 0 radical (unpaired) electrons. The maximum Gasteiger partial charge on any atom is 0.345 e. The van der Waals surface area contributed by atoms with Gasteiger partial charge in [0, 0.05) is 36.7 Å². The van der Waals surface area contributed by atoms with Crippen LogP contribution in [0.5, 0.6) is 0 Å². The van der Waals surface area contributed by atoms with Gasteiger partial charge < -0.3 is 14.2 Å². The number of nitrogens with zero attached hydrogens (tertiary/aromatic N) is 2. The molecule has 2 aliphatic carbocycles. The van der Waals surface area contributed by atoms with Crippen LogP contribution < -0.4 is 0 Å². The highest BCUT2D eigenvalue weighted by molar-refractivity contribution is 5.91. The number of methoxy groups -OCH3 is 2. The second-order valence-corrected chi connectivity index (χ2v) is 8.41. The van der Waals surface area contributed by atoms with Crippen molar-refractivity contribution < 1.29 is 19.0 Å². The number of aryl methyl sites for hydroxylation is 1. The third-order valence-corrected chi connectivity index (χ3v) is 6.90. The second kappa shape index (κ2) is 8.26. The van der Waals surface area contributed by atoms with Gasteiger partial charge in [-0.1, -0.05) is 5.57 Å². The van der Waals surface area contributed by atoms with Crippen LogP contribution in [0.1, 0.15) is 48.0 Å². The molecule has 1 aromatic rings. The first-order chi connectivity index (χ1) is 14.5. The molecule has 30 heavy (non-hydrogen) atoms.